The van der Waals surface area contributed by atoms with E-state index >= 15 is 0 Å². The zero-order chi connectivity index (χ0) is 14.9. The molecular formula is C13H6BrClN4O. The van der Waals surface area contributed by atoms with Crippen molar-refractivity contribution in [2.45, 2.75) is 5.92 Å². The van der Waals surface area contributed by atoms with Crippen LogP contribution >= 0.6 is 27.5 Å². The van der Waals surface area contributed by atoms with Gasteiger partial charge in [0.1, 0.15) is 12.0 Å². The van der Waals surface area contributed by atoms with Gasteiger partial charge >= 0.3 is 0 Å². The normalized spacial score (nSPS) is 16.7. The number of nitrogens with zero attached hydrogens (tertiary/aromatic N) is 3. The molecule has 1 atom stereocenters. The summed E-state index contributed by atoms with van der Waals surface area (Å²) in [6.45, 7) is 0. The molecule has 0 amide bonds. The Kier molecular flexibility index (Phi) is 3.86. The van der Waals surface area contributed by atoms with Gasteiger partial charge in [-0.25, -0.2) is 0 Å². The smallest absolute Gasteiger partial charge is 0.205 e. The van der Waals surface area contributed by atoms with Crippen LogP contribution in [0.2, 0.25) is 5.02 Å². The molecule has 0 aliphatic carbocycles. The molecule has 1 heterocycles. The molecule has 0 fully saturated rings. The van der Waals surface area contributed by atoms with E-state index in [-0.39, 0.29) is 22.2 Å². The minimum atomic E-state index is -1.06. The second kappa shape index (κ2) is 5.43. The lowest BCUT2D eigenvalue weighted by Gasteiger charge is -2.27. The van der Waals surface area contributed by atoms with Crippen molar-refractivity contribution in [1.29, 1.82) is 15.8 Å². The van der Waals surface area contributed by atoms with Crippen molar-refractivity contribution in [3.05, 3.63) is 38.6 Å². The largest absolute Gasteiger partial charge is 0.439 e. The van der Waals surface area contributed by atoms with Gasteiger partial charge in [0.25, 0.3) is 0 Å². The summed E-state index contributed by atoms with van der Waals surface area (Å²) in [4.78, 5) is 0. The molecule has 0 spiro atoms. The quantitative estimate of drug-likeness (QED) is 0.838. The van der Waals surface area contributed by atoms with Crippen LogP contribution in [0.1, 0.15) is 11.5 Å². The van der Waals surface area contributed by atoms with Crippen LogP contribution in [0.15, 0.2) is 28.1 Å². The number of halogens is 2. The fraction of sp³-hybridized carbons (Fsp3) is 0.154. The van der Waals surface area contributed by atoms with Crippen molar-refractivity contribution in [2.75, 3.05) is 0 Å². The first-order valence-electron chi connectivity index (χ1n) is 5.39. The Bertz CT molecular complexity index is 724. The molecule has 1 aliphatic heterocycles. The van der Waals surface area contributed by atoms with Gasteiger partial charge in [-0.3, -0.25) is 0 Å². The van der Waals surface area contributed by atoms with Crippen molar-refractivity contribution in [3.63, 3.8) is 0 Å². The molecule has 0 bridgehead atoms. The third-order valence-corrected chi connectivity index (χ3v) is 3.63. The van der Waals surface area contributed by atoms with Gasteiger partial charge < -0.3 is 10.5 Å². The number of benzene rings is 1. The van der Waals surface area contributed by atoms with Crippen LogP contribution in [0.3, 0.4) is 0 Å². The highest BCUT2D eigenvalue weighted by molar-refractivity contribution is 9.10. The lowest BCUT2D eigenvalue weighted by molar-refractivity contribution is 0.383. The zero-order valence-electron chi connectivity index (χ0n) is 9.89. The van der Waals surface area contributed by atoms with Crippen molar-refractivity contribution in [2.24, 2.45) is 11.7 Å². The second-order valence-electron chi connectivity index (χ2n) is 4.01. The summed E-state index contributed by atoms with van der Waals surface area (Å²) < 4.78 is 6.01. The Morgan fingerprint density at radius 2 is 1.95 bits per heavy atom. The van der Waals surface area contributed by atoms with E-state index < -0.39 is 11.8 Å². The number of allylic oxidation sites excluding steroid dienone is 1. The molecule has 1 aliphatic rings. The summed E-state index contributed by atoms with van der Waals surface area (Å²) in [7, 11) is 0. The van der Waals surface area contributed by atoms with Gasteiger partial charge in [0.2, 0.25) is 5.88 Å². The number of nitrogens with two attached hydrogens (primary N) is 1. The first kappa shape index (κ1) is 14.2. The topological polar surface area (TPSA) is 107 Å². The molecule has 7 heteroatoms. The fourth-order valence-corrected chi connectivity index (χ4v) is 2.91. The monoisotopic (exact) mass is 348 g/mol. The molecular weight excluding hydrogens is 344 g/mol. The fourth-order valence-electron chi connectivity index (χ4n) is 2.04. The van der Waals surface area contributed by atoms with Gasteiger partial charge in [-0.2, -0.15) is 15.8 Å². The highest BCUT2D eigenvalue weighted by atomic mass is 79.9. The summed E-state index contributed by atoms with van der Waals surface area (Å²) >= 11 is 9.36. The summed E-state index contributed by atoms with van der Waals surface area (Å²) in [5.41, 5.74) is 6.24. The van der Waals surface area contributed by atoms with E-state index in [1.165, 1.54) is 0 Å². The molecule has 2 N–H and O–H groups in total. The summed E-state index contributed by atoms with van der Waals surface area (Å²) in [6, 6.07) is 8.91. The van der Waals surface area contributed by atoms with Gasteiger partial charge in [-0.05, 0) is 12.1 Å². The third-order valence-electron chi connectivity index (χ3n) is 2.89. The van der Waals surface area contributed by atoms with Crippen molar-refractivity contribution >= 4 is 27.5 Å². The lowest BCUT2D eigenvalue weighted by atomic mass is 9.80. The van der Waals surface area contributed by atoms with Gasteiger partial charge in [0, 0.05) is 10.0 Å². The Morgan fingerprint density at radius 1 is 1.30 bits per heavy atom. The number of nitriles is 3. The summed E-state index contributed by atoms with van der Waals surface area (Å²) in [6.07, 6.45) is 0. The van der Waals surface area contributed by atoms with E-state index in [1.54, 1.807) is 12.1 Å². The highest BCUT2D eigenvalue weighted by Gasteiger charge is 2.36. The summed E-state index contributed by atoms with van der Waals surface area (Å²) in [5.74, 6) is -1.71. The van der Waals surface area contributed by atoms with Gasteiger partial charge in [-0.1, -0.05) is 27.5 Å². The minimum Gasteiger partial charge on any atom is -0.439 e. The minimum absolute atomic E-state index is 0.0553. The van der Waals surface area contributed by atoms with Crippen LogP contribution in [0, 0.1) is 39.9 Å². The zero-order valence-corrected chi connectivity index (χ0v) is 12.2. The number of ether oxygens (including phenoxy) is 1. The Labute approximate surface area is 128 Å². The second-order valence-corrected chi connectivity index (χ2v) is 5.33. The van der Waals surface area contributed by atoms with E-state index in [0.29, 0.717) is 10.0 Å². The molecule has 5 nitrogen and oxygen atoms in total. The molecule has 98 valence electrons. The van der Waals surface area contributed by atoms with Gasteiger partial charge in [0.05, 0.1) is 28.7 Å². The van der Waals surface area contributed by atoms with E-state index in [4.69, 9.17) is 32.6 Å². The number of rotatable bonds is 1. The van der Waals surface area contributed by atoms with Crippen molar-refractivity contribution in [3.8, 4) is 24.0 Å². The van der Waals surface area contributed by atoms with Gasteiger partial charge in [0.15, 0.2) is 5.75 Å². The molecule has 20 heavy (non-hydrogen) atoms. The maximum Gasteiger partial charge on any atom is 0.205 e. The maximum absolute atomic E-state index is 9.20. The van der Waals surface area contributed by atoms with Gasteiger partial charge in [-0.15, -0.1) is 0 Å². The van der Waals surface area contributed by atoms with Crippen molar-refractivity contribution < 1.29 is 4.74 Å². The lowest BCUT2D eigenvalue weighted by Crippen LogP contribution is -2.24. The van der Waals surface area contributed by atoms with Crippen LogP contribution < -0.4 is 10.5 Å². The molecule has 1 aromatic carbocycles. The summed E-state index contributed by atoms with van der Waals surface area (Å²) in [5, 5.41) is 27.7. The standard InChI is InChI=1S/C13H6BrClN4O/c14-7-1-8-11(6(3-16)4-17)9(5-18)13(19)20-12(8)10(15)2-7/h1-2,6,11H,19H2. The van der Waals surface area contributed by atoms with E-state index in [1.807, 2.05) is 18.2 Å². The average Bonchev–Trinajstić information content (AvgIpc) is 2.41. The predicted molar refractivity (Wildman–Crippen MR) is 74.1 cm³/mol. The van der Waals surface area contributed by atoms with Crippen LogP contribution in [-0.2, 0) is 0 Å². The predicted octanol–water partition coefficient (Wildman–Crippen LogP) is 2.94. The Morgan fingerprint density at radius 3 is 2.50 bits per heavy atom. The molecule has 1 aromatic rings. The number of fused-ring (bicyclic) bond motifs is 1. The van der Waals surface area contributed by atoms with E-state index in [9.17, 15) is 5.26 Å². The number of hydrogen-bond acceptors (Lipinski definition) is 5. The molecule has 2 rings (SSSR count). The van der Waals surface area contributed by atoms with Crippen LogP contribution in [-0.4, -0.2) is 0 Å². The van der Waals surface area contributed by atoms with E-state index in [2.05, 4.69) is 15.9 Å². The first-order valence-corrected chi connectivity index (χ1v) is 6.56. The average molecular weight is 350 g/mol. The van der Waals surface area contributed by atoms with Crippen LogP contribution in [0.25, 0.3) is 0 Å². The third kappa shape index (κ3) is 2.18. The SMILES string of the molecule is N#CC1=C(N)Oc2c(Cl)cc(Br)cc2C1C(C#N)C#N. The molecule has 0 saturated carbocycles. The molecule has 0 saturated heterocycles. The van der Waals surface area contributed by atoms with E-state index in [0.717, 1.165) is 0 Å². The maximum atomic E-state index is 9.20. The molecule has 1 unspecified atom stereocenters. The molecule has 0 aromatic heterocycles. The number of hydrogen-bond donors (Lipinski definition) is 1. The highest BCUT2D eigenvalue weighted by Crippen LogP contribution is 2.46. The Balaban J connectivity index is 2.75. The first-order chi connectivity index (χ1) is 9.53. The Hall–Kier alpha value is -2.20. The van der Waals surface area contributed by atoms with Crippen molar-refractivity contribution in [1.82, 2.24) is 0 Å². The van der Waals surface area contributed by atoms with Crippen LogP contribution in [0.5, 0.6) is 5.75 Å². The molecule has 0 radical (unpaired) electrons. The van der Waals surface area contributed by atoms with Crippen LogP contribution in [0.4, 0.5) is 0 Å².